The van der Waals surface area contributed by atoms with Crippen molar-refractivity contribution in [3.63, 3.8) is 0 Å². The topological polar surface area (TPSA) is 185 Å². The number of fused-ring (bicyclic) bond motifs is 4. The van der Waals surface area contributed by atoms with Crippen LogP contribution in [0.1, 0.15) is 0 Å². The molecule has 20 nitrogen and oxygen atoms in total. The lowest BCUT2D eigenvalue weighted by Gasteiger charge is -2.55. The van der Waals surface area contributed by atoms with Crippen LogP contribution in [0.25, 0.3) is 0 Å². The molecule has 0 aliphatic carbocycles. The summed E-state index contributed by atoms with van der Waals surface area (Å²) in [5, 5.41) is 0. The smallest absolute Gasteiger partial charge is 0.414 e. The minimum atomic E-state index is -4.89. The van der Waals surface area contributed by atoms with Crippen LogP contribution in [0.5, 0.6) is 0 Å². The Kier molecular flexibility index (Phi) is 17.3. The van der Waals surface area contributed by atoms with E-state index in [0.29, 0.717) is 0 Å². The van der Waals surface area contributed by atoms with Gasteiger partial charge in [0.1, 0.15) is 0 Å². The fraction of sp³-hybridized carbons (Fsp3) is 1.00. The largest absolute Gasteiger partial charge is 0.651 e. The molecule has 0 spiro atoms. The van der Waals surface area contributed by atoms with Crippen molar-refractivity contribution < 1.29 is 82.3 Å². The second-order valence-corrected chi connectivity index (χ2v) is 51.4. The van der Waals surface area contributed by atoms with Gasteiger partial charge in [-0.05, 0) is 105 Å². The Morgan fingerprint density at radius 1 is 0.340 bits per heavy atom. The molecule has 0 aromatic rings. The van der Waals surface area contributed by atoms with Crippen molar-refractivity contribution in [2.45, 2.75) is 105 Å². The Hall–Kier alpha value is 2.89. The second-order valence-electron chi connectivity index (χ2n) is 13.1. The van der Waals surface area contributed by atoms with Crippen molar-refractivity contribution in [2.75, 3.05) is 0 Å². The quantitative estimate of drug-likeness (QED) is 0.191. The highest BCUT2D eigenvalue weighted by Gasteiger charge is 2.86. The molecule has 4 heterocycles. The number of hydrogen-bond acceptors (Lipinski definition) is 20. The van der Waals surface area contributed by atoms with Crippen molar-refractivity contribution >= 4 is 156 Å². The summed E-state index contributed by atoms with van der Waals surface area (Å²) in [5.41, 5.74) is 0. The summed E-state index contributed by atoms with van der Waals surface area (Å²) in [6.45, 7) is 30.0. The molecule has 4 aliphatic rings. The maximum Gasteiger partial charge on any atom is 0.651 e. The molecule has 0 aromatic carbocycles. The average Bonchev–Trinajstić information content (AvgIpc) is 2.86. The molecule has 4 saturated heterocycles. The van der Waals surface area contributed by atoms with Gasteiger partial charge < -0.3 is 82.3 Å². The third kappa shape index (κ3) is 12.9. The summed E-state index contributed by atoms with van der Waals surface area (Å²) in [7, 11) is -47.3. The molecule has 4 rings (SSSR count). The molecule has 0 amide bonds. The van der Waals surface area contributed by atoms with Gasteiger partial charge in [-0.1, -0.05) is 0 Å². The van der Waals surface area contributed by atoms with Gasteiger partial charge >= 0.3 is 72.9 Å². The van der Waals surface area contributed by atoms with Gasteiger partial charge in [0.25, 0.3) is 0 Å². The van der Waals surface area contributed by atoms with Crippen LogP contribution < -0.4 is 0 Å². The van der Waals surface area contributed by atoms with Crippen molar-refractivity contribution in [1.29, 1.82) is 0 Å². The molecular weight excluding hydrogens is 990 g/mol. The molecule has 0 aromatic heterocycles. The van der Waals surface area contributed by atoms with E-state index in [2.05, 4.69) is 10.5 Å². The predicted octanol–water partition coefficient (Wildman–Crippen LogP) is 1.50. The predicted molar refractivity (Wildman–Crippen MR) is 213 cm³/mol. The van der Waals surface area contributed by atoms with Crippen molar-refractivity contribution in [3.8, 4) is 0 Å². The highest BCUT2D eigenvalue weighted by Crippen LogP contribution is 2.47. The van der Waals surface area contributed by atoms with Crippen molar-refractivity contribution in [2.24, 2.45) is 0 Å². The fourth-order valence-corrected chi connectivity index (χ4v) is 56.8. The highest BCUT2D eigenvalue weighted by atomic mass is 28.7. The lowest BCUT2D eigenvalue weighted by atomic mass is 11.9. The highest BCUT2D eigenvalue weighted by molar-refractivity contribution is 6.98. The summed E-state index contributed by atoms with van der Waals surface area (Å²) in [4.78, 5) is 0. The van der Waals surface area contributed by atoms with Crippen LogP contribution in [0, 0.1) is 0 Å². The molecular formula is C16H48O20Si17. The summed E-state index contributed by atoms with van der Waals surface area (Å²) >= 11 is 0. The zero-order valence-corrected chi connectivity index (χ0v) is 49.7. The van der Waals surface area contributed by atoms with E-state index in [1.54, 1.807) is 0 Å². The molecule has 53 heavy (non-hydrogen) atoms. The van der Waals surface area contributed by atoms with E-state index in [4.69, 9.17) is 82.3 Å². The normalized spacial score (nSPS) is 38.4. The lowest BCUT2D eigenvalue weighted by Crippen LogP contribution is -2.88. The Labute approximate surface area is 340 Å². The molecule has 6 bridgehead atoms. The third-order valence-corrected chi connectivity index (χ3v) is 48.4. The van der Waals surface area contributed by atoms with Gasteiger partial charge in [-0.2, -0.15) is 0 Å². The van der Waals surface area contributed by atoms with Crippen LogP contribution in [-0.4, -0.2) is 156 Å². The first-order valence-electron chi connectivity index (χ1n) is 16.2. The molecule has 300 valence electrons. The minimum Gasteiger partial charge on any atom is -0.414 e. The second kappa shape index (κ2) is 18.9. The van der Waals surface area contributed by atoms with E-state index >= 15 is 0 Å². The molecule has 4 unspecified atom stereocenters. The van der Waals surface area contributed by atoms with Crippen LogP contribution >= 0.6 is 0 Å². The van der Waals surface area contributed by atoms with Crippen LogP contribution in [0.4, 0.5) is 0 Å². The van der Waals surface area contributed by atoms with E-state index in [9.17, 15) is 0 Å². The van der Waals surface area contributed by atoms with Gasteiger partial charge in [0.15, 0.2) is 72.3 Å². The fourth-order valence-electron chi connectivity index (χ4n) is 4.44. The average molecular weight is 1040 g/mol. The Bertz CT molecular complexity index is 1150. The molecule has 12 radical (unpaired) electrons. The van der Waals surface area contributed by atoms with Gasteiger partial charge in [-0.15, -0.1) is 0 Å². The molecule has 37 heteroatoms. The van der Waals surface area contributed by atoms with Gasteiger partial charge in [0.2, 0.25) is 10.5 Å². The molecule has 0 saturated carbocycles. The molecule has 0 N–H and O–H groups in total. The van der Waals surface area contributed by atoms with E-state index < -0.39 is 145 Å². The van der Waals surface area contributed by atoms with E-state index in [0.717, 1.165) is 0 Å². The maximum absolute atomic E-state index is 7.02. The van der Waals surface area contributed by atoms with Crippen LogP contribution in [0.15, 0.2) is 0 Å². The standard InChI is InChI=1S/C16H48O20Si17/c1-38(2)18-46-26-48(20-40(5)6)30-50(22-42(9)10)28-47(17-37,19-39(3)4)29-51(23-43(11)12)31-49(27-46,21-41(7)8)33-52(32-48,24-44(13)14)36-53(34-50,35-51)25-45(15)16/h1-16H3. The Morgan fingerprint density at radius 3 is 0.830 bits per heavy atom. The summed E-state index contributed by atoms with van der Waals surface area (Å²) < 4.78 is 135. The van der Waals surface area contributed by atoms with Crippen LogP contribution in [0.3, 0.4) is 0 Å². The van der Waals surface area contributed by atoms with E-state index in [1.807, 2.05) is 105 Å². The minimum absolute atomic E-state index is 1.54. The van der Waals surface area contributed by atoms with Gasteiger partial charge in [-0.25, -0.2) is 0 Å². The Balaban J connectivity index is 2.24. The monoisotopic (exact) mass is 1040 g/mol. The Morgan fingerprint density at radius 2 is 0.585 bits per heavy atom. The van der Waals surface area contributed by atoms with Gasteiger partial charge in [0, 0.05) is 0 Å². The van der Waals surface area contributed by atoms with Crippen LogP contribution in [-0.2, 0) is 82.3 Å². The number of hydrogen-bond donors (Lipinski definition) is 0. The summed E-state index contributed by atoms with van der Waals surface area (Å²) in [6.07, 6.45) is 0. The molecule has 4 atom stereocenters. The number of rotatable bonds is 17. The molecule has 4 aliphatic heterocycles. The van der Waals surface area contributed by atoms with E-state index in [1.165, 1.54) is 0 Å². The van der Waals surface area contributed by atoms with E-state index in [-0.39, 0.29) is 0 Å². The van der Waals surface area contributed by atoms with Crippen molar-refractivity contribution in [1.82, 2.24) is 0 Å². The zero-order chi connectivity index (χ0) is 39.8. The first kappa shape index (κ1) is 48.6. The SMILES string of the molecule is C[Si](C)O[Si]1O[Si]2(O[Si](C)C)O[Si]3(O[Si](C)C)O[Si](O[Si])(O[Si](C)C)O[Si]4(O[Si](C)C)O[Si](O[Si](C)C)(O1)O[Si](O[Si](C)C)(O2)O[Si](O[Si](C)C)(O3)O4. The zero-order valence-electron chi connectivity index (χ0n) is 32.7. The third-order valence-electron chi connectivity index (χ3n) is 5.38. The van der Waals surface area contributed by atoms with Crippen molar-refractivity contribution in [3.05, 3.63) is 0 Å². The summed E-state index contributed by atoms with van der Waals surface area (Å²) in [6, 6.07) is 0. The van der Waals surface area contributed by atoms with Crippen LogP contribution in [0.2, 0.25) is 105 Å². The molecule has 4 fully saturated rings. The maximum atomic E-state index is 7.02. The van der Waals surface area contributed by atoms with Gasteiger partial charge in [-0.3, -0.25) is 0 Å². The summed E-state index contributed by atoms with van der Waals surface area (Å²) in [5.74, 6) is 0. The van der Waals surface area contributed by atoms with Gasteiger partial charge in [0.05, 0.1) is 0 Å². The first-order chi connectivity index (χ1) is 24.3. The first-order valence-corrected chi connectivity index (χ1v) is 48.5. The lowest BCUT2D eigenvalue weighted by molar-refractivity contribution is -0.0970.